The molecule has 0 bridgehead atoms. The average molecular weight is 429 g/mol. The summed E-state index contributed by atoms with van der Waals surface area (Å²) in [5.41, 5.74) is 2.54. The maximum atomic E-state index is 12.0. The van der Waals surface area contributed by atoms with Gasteiger partial charge in [-0.25, -0.2) is 0 Å². The molecule has 4 aliphatic carbocycles. The van der Waals surface area contributed by atoms with Crippen LogP contribution >= 0.6 is 0 Å². The van der Waals surface area contributed by atoms with Crippen molar-refractivity contribution in [3.8, 4) is 0 Å². The molecular formula is C29H48O2. The molecule has 0 amide bonds. The Labute approximate surface area is 192 Å². The molecule has 2 heteroatoms. The molecule has 0 unspecified atom stereocenters. The Kier molecular flexibility index (Phi) is 6.43. The third-order valence-corrected chi connectivity index (χ3v) is 11.0. The van der Waals surface area contributed by atoms with Crippen molar-refractivity contribution in [2.75, 3.05) is 7.11 Å². The highest BCUT2D eigenvalue weighted by molar-refractivity contribution is 5.75. The summed E-state index contributed by atoms with van der Waals surface area (Å²) in [6.07, 6.45) is 18.9. The van der Waals surface area contributed by atoms with Gasteiger partial charge >= 0.3 is 5.97 Å². The minimum Gasteiger partial charge on any atom is -0.469 e. The second-order valence-electron chi connectivity index (χ2n) is 12.9. The number of hydrogen-bond donors (Lipinski definition) is 0. The Hall–Kier alpha value is -0.790. The Morgan fingerprint density at radius 3 is 2.68 bits per heavy atom. The predicted octanol–water partition coefficient (Wildman–Crippen LogP) is 7.96. The first-order valence-corrected chi connectivity index (χ1v) is 13.4. The van der Waals surface area contributed by atoms with E-state index in [1.54, 1.807) is 0 Å². The van der Waals surface area contributed by atoms with Crippen molar-refractivity contribution >= 4 is 5.97 Å². The van der Waals surface area contributed by atoms with Crippen LogP contribution in [-0.2, 0) is 9.53 Å². The van der Waals surface area contributed by atoms with E-state index in [0.29, 0.717) is 10.8 Å². The lowest BCUT2D eigenvalue weighted by atomic mass is 9.47. The molecular weight excluding hydrogens is 380 g/mol. The molecule has 0 radical (unpaired) electrons. The normalized spacial score (nSPS) is 40.9. The number of hydrogen-bond acceptors (Lipinski definition) is 2. The molecule has 0 aromatic heterocycles. The quantitative estimate of drug-likeness (QED) is 0.317. The summed E-state index contributed by atoms with van der Waals surface area (Å²) in [5, 5.41) is 0. The summed E-state index contributed by atoms with van der Waals surface area (Å²) in [7, 11) is 1.51. The van der Waals surface area contributed by atoms with Gasteiger partial charge in [-0.15, -0.1) is 0 Å². The van der Waals surface area contributed by atoms with E-state index in [1.807, 2.05) is 19.4 Å². The van der Waals surface area contributed by atoms with Crippen LogP contribution in [0.2, 0.25) is 0 Å². The van der Waals surface area contributed by atoms with E-state index in [0.717, 1.165) is 42.4 Å². The first kappa shape index (κ1) is 23.4. The van der Waals surface area contributed by atoms with Crippen LogP contribution in [0.25, 0.3) is 0 Å². The lowest BCUT2D eigenvalue weighted by Gasteiger charge is -2.58. The van der Waals surface area contributed by atoms with E-state index in [9.17, 15) is 4.79 Å². The van der Waals surface area contributed by atoms with Crippen molar-refractivity contribution in [1.82, 2.24) is 0 Å². The molecule has 4 rings (SSSR count). The third kappa shape index (κ3) is 3.93. The van der Waals surface area contributed by atoms with Gasteiger partial charge in [0.2, 0.25) is 0 Å². The van der Waals surface area contributed by atoms with E-state index >= 15 is 0 Å². The standard InChI is InChI=1S/C29H48O2/c1-20(10-9-17-27(2,3)26(30)31-6)23-14-15-24-22-13-12-21-11-7-8-18-28(21,4)25(22)16-19-29(23,24)5/h12,20,22-25H,7-11,13-19H2,1-6H3/t20-,22+,23-,24+,25+,28+,29-/m1/s1. The fourth-order valence-corrected chi connectivity index (χ4v) is 9.12. The topological polar surface area (TPSA) is 26.3 Å². The molecule has 2 nitrogen and oxygen atoms in total. The summed E-state index contributed by atoms with van der Waals surface area (Å²) >= 11 is 0. The minimum absolute atomic E-state index is 0.0627. The molecule has 31 heavy (non-hydrogen) atoms. The van der Waals surface area contributed by atoms with E-state index in [2.05, 4.69) is 26.8 Å². The number of carbonyl (C=O) groups is 1. The van der Waals surface area contributed by atoms with Gasteiger partial charge in [-0.05, 0) is 112 Å². The maximum absolute atomic E-state index is 12.0. The first-order valence-electron chi connectivity index (χ1n) is 13.4. The SMILES string of the molecule is COC(=O)C(C)(C)CCC[C@@H](C)[C@H]1CC[C@H]2[C@@H]3CC=C4CCCC[C@]4(C)[C@H]3CC[C@]12C. The van der Waals surface area contributed by atoms with E-state index in [4.69, 9.17) is 4.74 Å². The number of esters is 1. The van der Waals surface area contributed by atoms with Crippen LogP contribution in [-0.4, -0.2) is 13.1 Å². The van der Waals surface area contributed by atoms with Crippen molar-refractivity contribution in [3.05, 3.63) is 11.6 Å². The van der Waals surface area contributed by atoms with Crippen LogP contribution in [0.1, 0.15) is 112 Å². The molecule has 3 saturated carbocycles. The zero-order valence-electron chi connectivity index (χ0n) is 21.3. The van der Waals surface area contributed by atoms with Crippen molar-refractivity contribution in [2.24, 2.45) is 45.8 Å². The highest BCUT2D eigenvalue weighted by Crippen LogP contribution is 2.67. The molecule has 0 N–H and O–H groups in total. The predicted molar refractivity (Wildman–Crippen MR) is 129 cm³/mol. The highest BCUT2D eigenvalue weighted by Gasteiger charge is 2.58. The second kappa shape index (κ2) is 8.53. The zero-order valence-corrected chi connectivity index (χ0v) is 21.3. The van der Waals surface area contributed by atoms with Crippen molar-refractivity contribution in [1.29, 1.82) is 0 Å². The Bertz CT molecular complexity index is 706. The Balaban J connectivity index is 1.42. The lowest BCUT2D eigenvalue weighted by molar-refractivity contribution is -0.151. The molecule has 0 heterocycles. The average Bonchev–Trinajstić information content (AvgIpc) is 3.09. The van der Waals surface area contributed by atoms with Crippen LogP contribution in [0.4, 0.5) is 0 Å². The van der Waals surface area contributed by atoms with Crippen molar-refractivity contribution < 1.29 is 9.53 Å². The third-order valence-electron chi connectivity index (χ3n) is 11.0. The summed E-state index contributed by atoms with van der Waals surface area (Å²) in [6.45, 7) is 11.9. The van der Waals surface area contributed by atoms with Crippen LogP contribution in [0.3, 0.4) is 0 Å². The minimum atomic E-state index is -0.351. The molecule has 3 fully saturated rings. The number of methoxy groups -OCH3 is 1. The van der Waals surface area contributed by atoms with Gasteiger partial charge in [0.25, 0.3) is 0 Å². The largest absolute Gasteiger partial charge is 0.469 e. The van der Waals surface area contributed by atoms with E-state index < -0.39 is 0 Å². The number of carbonyl (C=O) groups excluding carboxylic acids is 1. The van der Waals surface area contributed by atoms with Crippen LogP contribution < -0.4 is 0 Å². The number of allylic oxidation sites excluding steroid dienone is 2. The summed E-state index contributed by atoms with van der Waals surface area (Å²) in [6, 6.07) is 0. The van der Waals surface area contributed by atoms with Crippen LogP contribution in [0, 0.1) is 45.8 Å². The molecule has 0 aliphatic heterocycles. The summed E-state index contributed by atoms with van der Waals surface area (Å²) in [4.78, 5) is 12.0. The monoisotopic (exact) mass is 428 g/mol. The van der Waals surface area contributed by atoms with Gasteiger partial charge < -0.3 is 4.74 Å². The smallest absolute Gasteiger partial charge is 0.311 e. The molecule has 4 aliphatic rings. The second-order valence-corrected chi connectivity index (χ2v) is 12.9. The molecule has 0 saturated heterocycles. The van der Waals surface area contributed by atoms with Gasteiger partial charge in [0.1, 0.15) is 0 Å². The van der Waals surface area contributed by atoms with Gasteiger partial charge in [0, 0.05) is 0 Å². The Morgan fingerprint density at radius 1 is 1.16 bits per heavy atom. The molecule has 0 aromatic rings. The number of rotatable bonds is 6. The molecule has 0 spiro atoms. The highest BCUT2D eigenvalue weighted by atomic mass is 16.5. The molecule has 0 aromatic carbocycles. The molecule has 7 atom stereocenters. The van der Waals surface area contributed by atoms with E-state index in [-0.39, 0.29) is 11.4 Å². The summed E-state index contributed by atoms with van der Waals surface area (Å²) < 4.78 is 5.01. The first-order chi connectivity index (χ1) is 14.6. The van der Waals surface area contributed by atoms with Crippen LogP contribution in [0.5, 0.6) is 0 Å². The molecule has 176 valence electrons. The zero-order chi connectivity index (χ0) is 22.4. The van der Waals surface area contributed by atoms with Gasteiger partial charge in [-0.1, -0.05) is 51.7 Å². The van der Waals surface area contributed by atoms with Crippen molar-refractivity contribution in [2.45, 2.75) is 112 Å². The van der Waals surface area contributed by atoms with Gasteiger partial charge in [0.05, 0.1) is 12.5 Å². The van der Waals surface area contributed by atoms with Gasteiger partial charge in [-0.2, -0.15) is 0 Å². The van der Waals surface area contributed by atoms with Crippen molar-refractivity contribution in [3.63, 3.8) is 0 Å². The fourth-order valence-electron chi connectivity index (χ4n) is 9.12. The van der Waals surface area contributed by atoms with Crippen LogP contribution in [0.15, 0.2) is 11.6 Å². The fraction of sp³-hybridized carbons (Fsp3) is 0.897. The number of ether oxygens (including phenoxy) is 1. The number of fused-ring (bicyclic) bond motifs is 5. The van der Waals surface area contributed by atoms with Gasteiger partial charge in [-0.3, -0.25) is 4.79 Å². The lowest BCUT2D eigenvalue weighted by Crippen LogP contribution is -2.50. The van der Waals surface area contributed by atoms with Gasteiger partial charge in [0.15, 0.2) is 0 Å². The summed E-state index contributed by atoms with van der Waals surface area (Å²) in [5.74, 6) is 4.38. The maximum Gasteiger partial charge on any atom is 0.311 e. The Morgan fingerprint density at radius 2 is 1.94 bits per heavy atom. The van der Waals surface area contributed by atoms with E-state index in [1.165, 1.54) is 71.3 Å².